The van der Waals surface area contributed by atoms with Crippen LogP contribution in [0.4, 0.5) is 5.13 Å². The van der Waals surface area contributed by atoms with Gasteiger partial charge in [-0.3, -0.25) is 4.57 Å². The van der Waals surface area contributed by atoms with E-state index in [1.165, 1.54) is 50.6 Å². The predicted molar refractivity (Wildman–Crippen MR) is 94.4 cm³/mol. The van der Waals surface area contributed by atoms with Crippen LogP contribution in [-0.2, 0) is 6.54 Å². The molecular weight excluding hydrogens is 306 g/mol. The summed E-state index contributed by atoms with van der Waals surface area (Å²) in [7, 11) is 0. The molecule has 1 aliphatic carbocycles. The number of hydrogen-bond donors (Lipinski definition) is 1. The van der Waals surface area contributed by atoms with Crippen molar-refractivity contribution in [2.75, 3.05) is 18.0 Å². The lowest BCUT2D eigenvalue weighted by atomic mass is 10.1. The highest BCUT2D eigenvalue weighted by molar-refractivity contribution is 7.17. The molecule has 0 spiro atoms. The van der Waals surface area contributed by atoms with E-state index >= 15 is 0 Å². The Balaban J connectivity index is 1.45. The Kier molecular flexibility index (Phi) is 4.62. The lowest BCUT2D eigenvalue weighted by Crippen LogP contribution is -2.29. The van der Waals surface area contributed by atoms with Gasteiger partial charge in [-0.25, -0.2) is 0 Å². The largest absolute Gasteiger partial charge is 0.347 e. The average Bonchev–Trinajstić information content (AvgIpc) is 3.33. The molecule has 1 saturated heterocycles. The molecule has 0 radical (unpaired) electrons. The van der Waals surface area contributed by atoms with Gasteiger partial charge in [-0.2, -0.15) is 0 Å². The summed E-state index contributed by atoms with van der Waals surface area (Å²) in [6, 6.07) is 4.98. The van der Waals surface area contributed by atoms with Gasteiger partial charge in [-0.15, -0.1) is 10.2 Å². The van der Waals surface area contributed by atoms with E-state index in [4.69, 9.17) is 0 Å². The molecule has 0 unspecified atom stereocenters. The smallest absolute Gasteiger partial charge is 0.218 e. The molecule has 124 valence electrons. The Morgan fingerprint density at radius 2 is 1.83 bits per heavy atom. The molecule has 0 aromatic carbocycles. The van der Waals surface area contributed by atoms with Crippen molar-refractivity contribution in [1.29, 1.82) is 0 Å². The number of nitrogens with zero attached hydrogens (tertiary/aromatic N) is 4. The minimum absolute atomic E-state index is 0.691. The molecule has 2 fully saturated rings. The fourth-order valence-corrected chi connectivity index (χ4v) is 4.56. The Labute approximate surface area is 141 Å². The van der Waals surface area contributed by atoms with Crippen LogP contribution >= 0.6 is 11.3 Å². The third kappa shape index (κ3) is 3.43. The molecule has 1 aliphatic heterocycles. The molecule has 3 heterocycles. The van der Waals surface area contributed by atoms with Crippen molar-refractivity contribution in [3.05, 3.63) is 24.0 Å². The van der Waals surface area contributed by atoms with Gasteiger partial charge in [-0.1, -0.05) is 24.2 Å². The van der Waals surface area contributed by atoms with Gasteiger partial charge in [0, 0.05) is 37.6 Å². The maximum atomic E-state index is 4.44. The maximum absolute atomic E-state index is 4.44. The highest BCUT2D eigenvalue weighted by atomic mass is 32.1. The van der Waals surface area contributed by atoms with Crippen LogP contribution in [0.15, 0.2) is 18.3 Å². The topological polar surface area (TPSA) is 46.0 Å². The first-order chi connectivity index (χ1) is 11.4. The van der Waals surface area contributed by atoms with Gasteiger partial charge >= 0.3 is 0 Å². The SMILES string of the molecule is c1cc(CNC2CCCC2)n(-c2nnc(N3CCCCC3)s2)c1. The van der Waals surface area contributed by atoms with Gasteiger partial charge in [0.15, 0.2) is 0 Å². The molecule has 0 bridgehead atoms. The summed E-state index contributed by atoms with van der Waals surface area (Å²) >= 11 is 1.71. The van der Waals surface area contributed by atoms with E-state index in [-0.39, 0.29) is 0 Å². The molecule has 2 aromatic heterocycles. The van der Waals surface area contributed by atoms with E-state index in [1.807, 2.05) is 0 Å². The van der Waals surface area contributed by atoms with Gasteiger partial charge in [0.1, 0.15) is 0 Å². The number of anilines is 1. The van der Waals surface area contributed by atoms with Crippen LogP contribution in [0.25, 0.3) is 5.13 Å². The second-order valence-electron chi connectivity index (χ2n) is 6.65. The molecule has 6 heteroatoms. The molecule has 2 aromatic rings. The molecule has 2 aliphatic rings. The Morgan fingerprint density at radius 3 is 2.65 bits per heavy atom. The standard InChI is InChI=1S/C17H25N5S/c1-4-10-21(11-5-1)16-19-20-17(23-16)22-12-6-9-15(22)13-18-14-7-2-3-8-14/h6,9,12,14,18H,1-5,7-8,10-11,13H2. The summed E-state index contributed by atoms with van der Waals surface area (Å²) in [5.74, 6) is 0. The Hall–Kier alpha value is -1.40. The molecular formula is C17H25N5S. The van der Waals surface area contributed by atoms with Crippen LogP contribution in [0.5, 0.6) is 0 Å². The molecule has 5 nitrogen and oxygen atoms in total. The lowest BCUT2D eigenvalue weighted by Gasteiger charge is -2.25. The van der Waals surface area contributed by atoms with Gasteiger partial charge in [0.05, 0.1) is 0 Å². The van der Waals surface area contributed by atoms with Crippen molar-refractivity contribution < 1.29 is 0 Å². The van der Waals surface area contributed by atoms with Gasteiger partial charge < -0.3 is 10.2 Å². The minimum Gasteiger partial charge on any atom is -0.347 e. The summed E-state index contributed by atoms with van der Waals surface area (Å²) in [5.41, 5.74) is 1.28. The van der Waals surface area contributed by atoms with E-state index in [1.54, 1.807) is 11.3 Å². The van der Waals surface area contributed by atoms with Gasteiger partial charge in [0.25, 0.3) is 0 Å². The van der Waals surface area contributed by atoms with Crippen LogP contribution in [0.1, 0.15) is 50.6 Å². The highest BCUT2D eigenvalue weighted by Crippen LogP contribution is 2.27. The molecule has 0 amide bonds. The number of rotatable bonds is 5. The third-order valence-corrected chi connectivity index (χ3v) is 5.98. The minimum atomic E-state index is 0.691. The van der Waals surface area contributed by atoms with Crippen molar-refractivity contribution >= 4 is 16.5 Å². The lowest BCUT2D eigenvalue weighted by molar-refractivity contribution is 0.516. The summed E-state index contributed by atoms with van der Waals surface area (Å²) in [6.07, 6.45) is 11.4. The number of piperidine rings is 1. The number of aromatic nitrogens is 3. The summed E-state index contributed by atoms with van der Waals surface area (Å²) in [5, 5.41) is 14.6. The second kappa shape index (κ2) is 7.01. The summed E-state index contributed by atoms with van der Waals surface area (Å²) in [4.78, 5) is 2.38. The average molecular weight is 331 g/mol. The van der Waals surface area contributed by atoms with E-state index in [0.29, 0.717) is 6.04 Å². The van der Waals surface area contributed by atoms with Crippen LogP contribution in [0, 0.1) is 0 Å². The molecule has 1 saturated carbocycles. The van der Waals surface area contributed by atoms with Crippen LogP contribution in [0.2, 0.25) is 0 Å². The van der Waals surface area contributed by atoms with E-state index < -0.39 is 0 Å². The number of hydrogen-bond acceptors (Lipinski definition) is 5. The van der Waals surface area contributed by atoms with Crippen LogP contribution < -0.4 is 10.2 Å². The van der Waals surface area contributed by atoms with E-state index in [2.05, 4.69) is 43.3 Å². The molecule has 4 rings (SSSR count). The van der Waals surface area contributed by atoms with E-state index in [0.717, 1.165) is 29.9 Å². The molecule has 23 heavy (non-hydrogen) atoms. The monoisotopic (exact) mass is 331 g/mol. The zero-order chi connectivity index (χ0) is 15.5. The van der Waals surface area contributed by atoms with Crippen LogP contribution in [0.3, 0.4) is 0 Å². The van der Waals surface area contributed by atoms with Gasteiger partial charge in [0.2, 0.25) is 10.3 Å². The predicted octanol–water partition coefficient (Wildman–Crippen LogP) is 3.35. The maximum Gasteiger partial charge on any atom is 0.218 e. The highest BCUT2D eigenvalue weighted by Gasteiger charge is 2.18. The third-order valence-electron chi connectivity index (χ3n) is 5.00. The normalized spacial score (nSPS) is 19.6. The van der Waals surface area contributed by atoms with Crippen LogP contribution in [-0.4, -0.2) is 33.9 Å². The van der Waals surface area contributed by atoms with Crippen molar-refractivity contribution in [3.8, 4) is 5.13 Å². The van der Waals surface area contributed by atoms with Crippen molar-refractivity contribution in [2.45, 2.75) is 57.5 Å². The van der Waals surface area contributed by atoms with Gasteiger partial charge in [-0.05, 0) is 44.2 Å². The molecule has 1 N–H and O–H groups in total. The Morgan fingerprint density at radius 1 is 1.04 bits per heavy atom. The van der Waals surface area contributed by atoms with Crippen molar-refractivity contribution in [1.82, 2.24) is 20.1 Å². The zero-order valence-electron chi connectivity index (χ0n) is 13.6. The number of nitrogens with one attached hydrogen (secondary N) is 1. The first-order valence-corrected chi connectivity index (χ1v) is 9.70. The fraction of sp³-hybridized carbons (Fsp3) is 0.647. The van der Waals surface area contributed by atoms with E-state index in [9.17, 15) is 0 Å². The fourth-order valence-electron chi connectivity index (χ4n) is 3.64. The Bertz CT molecular complexity index is 622. The second-order valence-corrected chi connectivity index (χ2v) is 7.58. The van der Waals surface area contributed by atoms with Crippen molar-refractivity contribution in [3.63, 3.8) is 0 Å². The summed E-state index contributed by atoms with van der Waals surface area (Å²) in [6.45, 7) is 3.16. The first kappa shape index (κ1) is 15.1. The molecule has 0 atom stereocenters. The summed E-state index contributed by atoms with van der Waals surface area (Å²) < 4.78 is 2.19. The quantitative estimate of drug-likeness (QED) is 0.913. The first-order valence-electron chi connectivity index (χ1n) is 8.88. The van der Waals surface area contributed by atoms with Crippen molar-refractivity contribution in [2.24, 2.45) is 0 Å². The zero-order valence-corrected chi connectivity index (χ0v) is 14.4.